The van der Waals surface area contributed by atoms with Gasteiger partial charge in [-0.2, -0.15) is 0 Å². The summed E-state index contributed by atoms with van der Waals surface area (Å²) in [6.07, 6.45) is 4.18. The van der Waals surface area contributed by atoms with E-state index in [-0.39, 0.29) is 24.5 Å². The summed E-state index contributed by atoms with van der Waals surface area (Å²) in [7, 11) is 0. The topological polar surface area (TPSA) is 51.5 Å². The molecular weight excluding hydrogens is 256 g/mol. The third kappa shape index (κ3) is 3.21. The largest absolute Gasteiger partial charge is 0.465 e. The van der Waals surface area contributed by atoms with Gasteiger partial charge < -0.3 is 14.2 Å². The van der Waals surface area contributed by atoms with Crippen molar-refractivity contribution in [1.82, 2.24) is 9.47 Å². The zero-order chi connectivity index (χ0) is 14.7. The van der Waals surface area contributed by atoms with Crippen molar-refractivity contribution in [3.63, 3.8) is 0 Å². The van der Waals surface area contributed by atoms with Crippen LogP contribution in [0.4, 0.5) is 0 Å². The number of hydrogen-bond acceptors (Lipinski definition) is 3. The molecule has 0 aliphatic heterocycles. The second kappa shape index (κ2) is 6.11. The predicted molar refractivity (Wildman–Crippen MR) is 75.5 cm³/mol. The standard InChI is InChI=1S/C15H22N2O3/c1-4-20-14(18)10-17(11(2)3)15(19)13-6-5-9-16(13)12-7-8-12/h5-6,9,11-12H,4,7-8,10H2,1-3H3. The molecule has 1 aromatic heterocycles. The van der Waals surface area contributed by atoms with Gasteiger partial charge in [0.25, 0.3) is 5.91 Å². The molecule has 2 rings (SSSR count). The third-order valence-electron chi connectivity index (χ3n) is 3.43. The maximum atomic E-state index is 12.6. The number of hydrogen-bond donors (Lipinski definition) is 0. The molecule has 5 heteroatoms. The van der Waals surface area contributed by atoms with Crippen LogP contribution in [0, 0.1) is 0 Å². The number of amides is 1. The van der Waals surface area contributed by atoms with Gasteiger partial charge in [0.2, 0.25) is 0 Å². The van der Waals surface area contributed by atoms with Gasteiger partial charge in [-0.25, -0.2) is 0 Å². The fourth-order valence-corrected chi connectivity index (χ4v) is 2.23. The molecular formula is C15H22N2O3. The minimum atomic E-state index is -0.362. The highest BCUT2D eigenvalue weighted by Crippen LogP contribution is 2.36. The molecule has 0 spiro atoms. The van der Waals surface area contributed by atoms with Crippen molar-refractivity contribution in [2.24, 2.45) is 0 Å². The Kier molecular flexibility index (Phi) is 4.47. The third-order valence-corrected chi connectivity index (χ3v) is 3.43. The minimum absolute atomic E-state index is 0.000185. The Morgan fingerprint density at radius 1 is 1.45 bits per heavy atom. The van der Waals surface area contributed by atoms with Crippen molar-refractivity contribution in [1.29, 1.82) is 0 Å². The molecule has 1 amide bonds. The van der Waals surface area contributed by atoms with Gasteiger partial charge in [0.1, 0.15) is 12.2 Å². The lowest BCUT2D eigenvalue weighted by Gasteiger charge is -2.26. The van der Waals surface area contributed by atoms with E-state index in [2.05, 4.69) is 0 Å². The lowest BCUT2D eigenvalue weighted by Crippen LogP contribution is -2.42. The predicted octanol–water partition coefficient (Wildman–Crippen LogP) is 2.24. The van der Waals surface area contributed by atoms with Gasteiger partial charge in [0.05, 0.1) is 6.61 Å². The van der Waals surface area contributed by atoms with Crippen molar-refractivity contribution in [3.05, 3.63) is 24.0 Å². The first-order valence-corrected chi connectivity index (χ1v) is 7.18. The summed E-state index contributed by atoms with van der Waals surface area (Å²) in [4.78, 5) is 25.8. The molecule has 0 unspecified atom stereocenters. The van der Waals surface area contributed by atoms with Gasteiger partial charge in [0, 0.05) is 18.3 Å². The summed E-state index contributed by atoms with van der Waals surface area (Å²) in [5, 5.41) is 0. The van der Waals surface area contributed by atoms with Gasteiger partial charge in [-0.1, -0.05) is 0 Å². The summed E-state index contributed by atoms with van der Waals surface area (Å²) in [6.45, 7) is 5.90. The molecule has 0 atom stereocenters. The van der Waals surface area contributed by atoms with E-state index in [4.69, 9.17) is 4.74 Å². The van der Waals surface area contributed by atoms with Crippen molar-refractivity contribution in [3.8, 4) is 0 Å². The molecule has 1 aliphatic carbocycles. The molecule has 0 bridgehead atoms. The monoisotopic (exact) mass is 278 g/mol. The molecule has 0 N–H and O–H groups in total. The van der Waals surface area contributed by atoms with Crippen LogP contribution < -0.4 is 0 Å². The van der Waals surface area contributed by atoms with E-state index < -0.39 is 0 Å². The van der Waals surface area contributed by atoms with Crippen LogP contribution in [0.5, 0.6) is 0 Å². The zero-order valence-electron chi connectivity index (χ0n) is 12.3. The van der Waals surface area contributed by atoms with E-state index in [1.165, 1.54) is 0 Å². The fraction of sp³-hybridized carbons (Fsp3) is 0.600. The summed E-state index contributed by atoms with van der Waals surface area (Å²) in [5.41, 5.74) is 0.658. The summed E-state index contributed by atoms with van der Waals surface area (Å²) in [6, 6.07) is 4.10. The Bertz CT molecular complexity index is 489. The van der Waals surface area contributed by atoms with Gasteiger partial charge >= 0.3 is 5.97 Å². The Morgan fingerprint density at radius 3 is 2.70 bits per heavy atom. The van der Waals surface area contributed by atoms with Gasteiger partial charge in [-0.05, 0) is 45.7 Å². The highest BCUT2D eigenvalue weighted by atomic mass is 16.5. The second-order valence-electron chi connectivity index (χ2n) is 5.36. The molecule has 110 valence electrons. The highest BCUT2D eigenvalue weighted by molar-refractivity contribution is 5.95. The number of carbonyl (C=O) groups excluding carboxylic acids is 2. The minimum Gasteiger partial charge on any atom is -0.465 e. The number of carbonyl (C=O) groups is 2. The van der Waals surface area contributed by atoms with Crippen LogP contribution in [-0.4, -0.2) is 40.5 Å². The van der Waals surface area contributed by atoms with E-state index in [1.807, 2.05) is 36.7 Å². The Morgan fingerprint density at radius 2 is 2.15 bits per heavy atom. The van der Waals surface area contributed by atoms with Crippen LogP contribution in [0.1, 0.15) is 50.1 Å². The number of ether oxygens (including phenoxy) is 1. The molecule has 5 nitrogen and oxygen atoms in total. The molecule has 0 saturated heterocycles. The van der Waals surface area contributed by atoms with E-state index in [0.29, 0.717) is 18.3 Å². The van der Waals surface area contributed by atoms with E-state index in [0.717, 1.165) is 12.8 Å². The Hall–Kier alpha value is -1.78. The molecule has 0 aromatic carbocycles. The quantitative estimate of drug-likeness (QED) is 0.750. The molecule has 1 aromatic rings. The molecule has 1 fully saturated rings. The summed E-state index contributed by atoms with van der Waals surface area (Å²) in [5.74, 6) is -0.468. The Labute approximate surface area is 119 Å². The Balaban J connectivity index is 2.13. The molecule has 1 aliphatic rings. The smallest absolute Gasteiger partial charge is 0.325 e. The van der Waals surface area contributed by atoms with Crippen LogP contribution in [0.3, 0.4) is 0 Å². The van der Waals surface area contributed by atoms with Crippen molar-refractivity contribution < 1.29 is 14.3 Å². The van der Waals surface area contributed by atoms with Crippen LogP contribution in [0.25, 0.3) is 0 Å². The van der Waals surface area contributed by atoms with Crippen molar-refractivity contribution in [2.45, 2.75) is 45.7 Å². The molecule has 1 saturated carbocycles. The van der Waals surface area contributed by atoms with E-state index >= 15 is 0 Å². The number of rotatable bonds is 6. The fourth-order valence-electron chi connectivity index (χ4n) is 2.23. The summed E-state index contributed by atoms with van der Waals surface area (Å²) >= 11 is 0. The number of nitrogens with zero attached hydrogens (tertiary/aromatic N) is 2. The first-order valence-electron chi connectivity index (χ1n) is 7.18. The van der Waals surface area contributed by atoms with Crippen LogP contribution >= 0.6 is 0 Å². The zero-order valence-corrected chi connectivity index (χ0v) is 12.3. The second-order valence-corrected chi connectivity index (χ2v) is 5.36. The molecule has 20 heavy (non-hydrogen) atoms. The normalized spacial score (nSPS) is 14.4. The van der Waals surface area contributed by atoms with Crippen molar-refractivity contribution >= 4 is 11.9 Å². The van der Waals surface area contributed by atoms with Crippen LogP contribution in [0.2, 0.25) is 0 Å². The maximum absolute atomic E-state index is 12.6. The summed E-state index contributed by atoms with van der Waals surface area (Å²) < 4.78 is 6.96. The average Bonchev–Trinajstić information content (AvgIpc) is 3.12. The van der Waals surface area contributed by atoms with Crippen LogP contribution in [0.15, 0.2) is 18.3 Å². The van der Waals surface area contributed by atoms with Gasteiger partial charge in [-0.3, -0.25) is 9.59 Å². The number of esters is 1. The number of aromatic nitrogens is 1. The first-order chi connectivity index (χ1) is 9.54. The highest BCUT2D eigenvalue weighted by Gasteiger charge is 2.30. The molecule has 1 heterocycles. The van der Waals surface area contributed by atoms with Crippen LogP contribution in [-0.2, 0) is 9.53 Å². The first kappa shape index (κ1) is 14.6. The van der Waals surface area contributed by atoms with Crippen molar-refractivity contribution in [2.75, 3.05) is 13.2 Å². The van der Waals surface area contributed by atoms with Gasteiger partial charge in [0.15, 0.2) is 0 Å². The molecule has 0 radical (unpaired) electrons. The van der Waals surface area contributed by atoms with E-state index in [1.54, 1.807) is 11.8 Å². The van der Waals surface area contributed by atoms with E-state index in [9.17, 15) is 9.59 Å². The van der Waals surface area contributed by atoms with Gasteiger partial charge in [-0.15, -0.1) is 0 Å². The lowest BCUT2D eigenvalue weighted by molar-refractivity contribution is -0.144. The lowest BCUT2D eigenvalue weighted by atomic mass is 10.2. The SMILES string of the molecule is CCOC(=O)CN(C(=O)c1cccn1C1CC1)C(C)C. The maximum Gasteiger partial charge on any atom is 0.325 e. The average molecular weight is 278 g/mol.